The molecule has 2 fully saturated rings. The van der Waals surface area contributed by atoms with Gasteiger partial charge in [-0.2, -0.15) is 0 Å². The van der Waals surface area contributed by atoms with E-state index in [1.165, 1.54) is 0 Å². The smallest absolute Gasteiger partial charge is 0.224 e. The zero-order chi connectivity index (χ0) is 16.9. The third kappa shape index (κ3) is 3.91. The highest BCUT2D eigenvalue weighted by Gasteiger charge is 2.28. The van der Waals surface area contributed by atoms with E-state index in [-0.39, 0.29) is 17.9 Å². The largest absolute Gasteiger partial charge is 0.343 e. The van der Waals surface area contributed by atoms with Crippen LogP contribution in [0.1, 0.15) is 50.8 Å². The molecule has 24 heavy (non-hydrogen) atoms. The topological polar surface area (TPSA) is 84.2 Å². The molecule has 0 radical (unpaired) electrons. The van der Waals surface area contributed by atoms with E-state index in [1.807, 2.05) is 16.7 Å². The summed E-state index contributed by atoms with van der Waals surface area (Å²) in [7, 11) is 0. The molecule has 0 bridgehead atoms. The van der Waals surface area contributed by atoms with Gasteiger partial charge in [-0.15, -0.1) is 5.10 Å². The van der Waals surface area contributed by atoms with Crippen LogP contribution in [-0.2, 0) is 16.1 Å². The van der Waals surface area contributed by atoms with Crippen molar-refractivity contribution in [1.29, 1.82) is 0 Å². The summed E-state index contributed by atoms with van der Waals surface area (Å²) in [5, 5.41) is 11.3. The van der Waals surface area contributed by atoms with E-state index in [2.05, 4.69) is 15.5 Å². The van der Waals surface area contributed by atoms with Gasteiger partial charge in [0.15, 0.2) is 0 Å². The van der Waals surface area contributed by atoms with Gasteiger partial charge in [0.05, 0.1) is 6.54 Å². The number of tetrazole rings is 1. The molecule has 0 aliphatic carbocycles. The molecule has 2 aliphatic heterocycles. The average molecular weight is 334 g/mol. The van der Waals surface area contributed by atoms with Crippen molar-refractivity contribution in [1.82, 2.24) is 30.0 Å². The molecule has 1 aromatic heterocycles. The maximum atomic E-state index is 12.6. The van der Waals surface area contributed by atoms with Gasteiger partial charge in [0.25, 0.3) is 0 Å². The van der Waals surface area contributed by atoms with Gasteiger partial charge < -0.3 is 9.80 Å². The number of amides is 2. The highest BCUT2D eigenvalue weighted by Crippen LogP contribution is 2.22. The Hall–Kier alpha value is -1.99. The molecule has 1 aromatic rings. The first kappa shape index (κ1) is 16.9. The standard InChI is InChI=1S/C16H26N6O2/c1-13-17-18-19-22(13)12-8-16(24)21-10-3-2-5-14(21)7-11-20-9-4-6-15(20)23/h14H,2-12H2,1H3. The number of likely N-dealkylation sites (tertiary alicyclic amines) is 2. The van der Waals surface area contributed by atoms with Crippen LogP contribution in [0.25, 0.3) is 0 Å². The van der Waals surface area contributed by atoms with Gasteiger partial charge in [0.1, 0.15) is 5.82 Å². The van der Waals surface area contributed by atoms with E-state index in [0.717, 1.165) is 57.6 Å². The molecule has 2 amide bonds. The van der Waals surface area contributed by atoms with Crippen molar-refractivity contribution in [3.63, 3.8) is 0 Å². The minimum atomic E-state index is 0.169. The van der Waals surface area contributed by atoms with Crippen LogP contribution in [0.15, 0.2) is 0 Å². The molecule has 2 aliphatic rings. The molecule has 1 atom stereocenters. The molecular formula is C16H26N6O2. The predicted octanol–water partition coefficient (Wildman–Crippen LogP) is 0.765. The number of hydrogen-bond acceptors (Lipinski definition) is 5. The molecule has 8 nitrogen and oxygen atoms in total. The third-order valence-electron chi connectivity index (χ3n) is 5.10. The van der Waals surface area contributed by atoms with Crippen molar-refractivity contribution in [2.45, 2.75) is 64.5 Å². The summed E-state index contributed by atoms with van der Waals surface area (Å²) in [6, 6.07) is 0.259. The highest BCUT2D eigenvalue weighted by atomic mass is 16.2. The van der Waals surface area contributed by atoms with Crippen LogP contribution in [-0.4, -0.2) is 67.5 Å². The number of nitrogens with zero attached hydrogens (tertiary/aromatic N) is 6. The number of rotatable bonds is 6. The molecule has 1 unspecified atom stereocenters. The van der Waals surface area contributed by atoms with Gasteiger partial charge in [0, 0.05) is 38.5 Å². The zero-order valence-corrected chi connectivity index (χ0v) is 14.4. The number of carbonyl (C=O) groups excluding carboxylic acids is 2. The number of aryl methyl sites for hydroxylation is 2. The SMILES string of the molecule is Cc1nnnn1CCC(=O)N1CCCCC1CCN1CCCC1=O. The minimum absolute atomic E-state index is 0.169. The van der Waals surface area contributed by atoms with Crippen LogP contribution in [0.3, 0.4) is 0 Å². The molecule has 3 rings (SSSR count). The monoisotopic (exact) mass is 334 g/mol. The Morgan fingerprint density at radius 1 is 1.21 bits per heavy atom. The van der Waals surface area contributed by atoms with E-state index >= 15 is 0 Å². The molecule has 0 N–H and O–H groups in total. The van der Waals surface area contributed by atoms with Gasteiger partial charge in [-0.25, -0.2) is 4.68 Å². The van der Waals surface area contributed by atoms with Crippen LogP contribution >= 0.6 is 0 Å². The molecule has 0 saturated carbocycles. The Labute approximate surface area is 142 Å². The van der Waals surface area contributed by atoms with Crippen LogP contribution in [0.4, 0.5) is 0 Å². The van der Waals surface area contributed by atoms with Crippen LogP contribution in [0.5, 0.6) is 0 Å². The molecule has 0 aromatic carbocycles. The fourth-order valence-corrected chi connectivity index (χ4v) is 3.68. The maximum absolute atomic E-state index is 12.6. The van der Waals surface area contributed by atoms with E-state index < -0.39 is 0 Å². The second-order valence-corrected chi connectivity index (χ2v) is 6.71. The Kier molecular flexibility index (Phi) is 5.42. The van der Waals surface area contributed by atoms with E-state index in [9.17, 15) is 9.59 Å². The van der Waals surface area contributed by atoms with Gasteiger partial charge in [-0.1, -0.05) is 0 Å². The zero-order valence-electron chi connectivity index (χ0n) is 14.4. The van der Waals surface area contributed by atoms with E-state index in [4.69, 9.17) is 0 Å². The Morgan fingerprint density at radius 2 is 2.08 bits per heavy atom. The van der Waals surface area contributed by atoms with E-state index in [1.54, 1.807) is 4.68 Å². The number of aromatic nitrogens is 4. The van der Waals surface area contributed by atoms with Crippen molar-refractivity contribution < 1.29 is 9.59 Å². The Balaban J connectivity index is 1.52. The van der Waals surface area contributed by atoms with Crippen LogP contribution in [0.2, 0.25) is 0 Å². The van der Waals surface area contributed by atoms with Crippen LogP contribution < -0.4 is 0 Å². The molecule has 132 valence electrons. The minimum Gasteiger partial charge on any atom is -0.343 e. The van der Waals surface area contributed by atoms with Crippen molar-refractivity contribution in [2.75, 3.05) is 19.6 Å². The number of hydrogen-bond donors (Lipinski definition) is 0. The predicted molar refractivity (Wildman–Crippen MR) is 87.0 cm³/mol. The highest BCUT2D eigenvalue weighted by molar-refractivity contribution is 5.78. The van der Waals surface area contributed by atoms with Crippen molar-refractivity contribution in [3.05, 3.63) is 5.82 Å². The first-order chi connectivity index (χ1) is 11.6. The second kappa shape index (κ2) is 7.72. The van der Waals surface area contributed by atoms with Gasteiger partial charge in [-0.3, -0.25) is 9.59 Å². The fourth-order valence-electron chi connectivity index (χ4n) is 3.68. The average Bonchev–Trinajstić information content (AvgIpc) is 3.19. The summed E-state index contributed by atoms with van der Waals surface area (Å²) in [5.41, 5.74) is 0. The number of carbonyl (C=O) groups is 2. The summed E-state index contributed by atoms with van der Waals surface area (Å²) < 4.78 is 1.67. The molecular weight excluding hydrogens is 308 g/mol. The lowest BCUT2D eigenvalue weighted by molar-refractivity contribution is -0.135. The molecule has 3 heterocycles. The summed E-state index contributed by atoms with van der Waals surface area (Å²) in [5.74, 6) is 1.16. The third-order valence-corrected chi connectivity index (χ3v) is 5.10. The molecule has 2 saturated heterocycles. The van der Waals surface area contributed by atoms with Crippen molar-refractivity contribution >= 4 is 11.8 Å². The first-order valence-electron chi connectivity index (χ1n) is 8.95. The van der Waals surface area contributed by atoms with Crippen molar-refractivity contribution in [3.8, 4) is 0 Å². The van der Waals surface area contributed by atoms with Crippen LogP contribution in [0, 0.1) is 6.92 Å². The number of piperidine rings is 1. The van der Waals surface area contributed by atoms with Crippen molar-refractivity contribution in [2.24, 2.45) is 0 Å². The summed E-state index contributed by atoms with van der Waals surface area (Å²) in [6.45, 7) is 4.83. The maximum Gasteiger partial charge on any atom is 0.224 e. The normalized spacial score (nSPS) is 21.5. The Morgan fingerprint density at radius 3 is 2.79 bits per heavy atom. The summed E-state index contributed by atoms with van der Waals surface area (Å²) in [6.07, 6.45) is 6.23. The molecule has 0 spiro atoms. The fraction of sp³-hybridized carbons (Fsp3) is 0.812. The lowest BCUT2D eigenvalue weighted by Crippen LogP contribution is -2.45. The lowest BCUT2D eigenvalue weighted by Gasteiger charge is -2.36. The second-order valence-electron chi connectivity index (χ2n) is 6.71. The quantitative estimate of drug-likeness (QED) is 0.767. The van der Waals surface area contributed by atoms with Gasteiger partial charge in [0.2, 0.25) is 11.8 Å². The molecule has 8 heteroatoms. The van der Waals surface area contributed by atoms with E-state index in [0.29, 0.717) is 19.4 Å². The van der Waals surface area contributed by atoms with Gasteiger partial charge in [-0.05, 0) is 49.5 Å². The Bertz CT molecular complexity index is 587. The lowest BCUT2D eigenvalue weighted by atomic mass is 9.98. The summed E-state index contributed by atoms with van der Waals surface area (Å²) >= 11 is 0. The van der Waals surface area contributed by atoms with Gasteiger partial charge >= 0.3 is 0 Å². The first-order valence-corrected chi connectivity index (χ1v) is 8.95. The summed E-state index contributed by atoms with van der Waals surface area (Å²) in [4.78, 5) is 28.4.